The summed E-state index contributed by atoms with van der Waals surface area (Å²) in [5, 5.41) is 0. The fourth-order valence-corrected chi connectivity index (χ4v) is 2.17. The van der Waals surface area contributed by atoms with Gasteiger partial charge in [-0.25, -0.2) is 0 Å². The van der Waals surface area contributed by atoms with Gasteiger partial charge in [0.15, 0.2) is 5.78 Å². The lowest BCUT2D eigenvalue weighted by Crippen LogP contribution is -2.04. The van der Waals surface area contributed by atoms with E-state index in [1.165, 1.54) is 5.56 Å². The maximum atomic E-state index is 11.1. The normalized spacial score (nSPS) is 10.1. The number of carbonyl (C=O) groups is 1. The van der Waals surface area contributed by atoms with Crippen molar-refractivity contribution in [2.24, 2.45) is 0 Å². The standard InChI is InChI=1S/C10H10ClIO/c1-7-2-8(4-9(12)3-7)5-10(13)6-11/h2-4H,5-6H2,1H3. The van der Waals surface area contributed by atoms with Crippen molar-refractivity contribution in [3.8, 4) is 0 Å². The molecule has 0 aliphatic rings. The molecule has 1 rings (SSSR count). The number of ketones is 1. The Morgan fingerprint density at radius 1 is 1.46 bits per heavy atom. The van der Waals surface area contributed by atoms with Gasteiger partial charge in [-0.3, -0.25) is 4.79 Å². The van der Waals surface area contributed by atoms with Gasteiger partial charge in [-0.1, -0.05) is 6.07 Å². The monoisotopic (exact) mass is 308 g/mol. The van der Waals surface area contributed by atoms with Gasteiger partial charge in [0, 0.05) is 9.99 Å². The Hall–Kier alpha value is -0.0900. The highest BCUT2D eigenvalue weighted by molar-refractivity contribution is 14.1. The number of alkyl halides is 1. The van der Waals surface area contributed by atoms with E-state index in [2.05, 4.69) is 28.7 Å². The van der Waals surface area contributed by atoms with Crippen LogP contribution in [0.15, 0.2) is 18.2 Å². The summed E-state index contributed by atoms with van der Waals surface area (Å²) in [5.41, 5.74) is 2.24. The summed E-state index contributed by atoms with van der Waals surface area (Å²) in [6, 6.07) is 6.11. The molecule has 0 aromatic heterocycles. The summed E-state index contributed by atoms with van der Waals surface area (Å²) in [5.74, 6) is 0.174. The van der Waals surface area contributed by atoms with Crippen LogP contribution in [0, 0.1) is 10.5 Å². The van der Waals surface area contributed by atoms with Gasteiger partial charge in [0.1, 0.15) is 0 Å². The molecule has 1 aromatic carbocycles. The van der Waals surface area contributed by atoms with E-state index in [-0.39, 0.29) is 11.7 Å². The lowest BCUT2D eigenvalue weighted by Gasteiger charge is -2.01. The number of Topliss-reactive ketones (excluding diaryl/α,β-unsaturated/α-hetero) is 1. The zero-order valence-corrected chi connectivity index (χ0v) is 10.2. The van der Waals surface area contributed by atoms with Crippen molar-refractivity contribution in [2.45, 2.75) is 13.3 Å². The van der Waals surface area contributed by atoms with Crippen LogP contribution in [0.4, 0.5) is 0 Å². The van der Waals surface area contributed by atoms with Crippen LogP contribution in [-0.4, -0.2) is 11.7 Å². The van der Waals surface area contributed by atoms with Crippen LogP contribution in [0.5, 0.6) is 0 Å². The third-order valence-corrected chi connectivity index (χ3v) is 2.57. The van der Waals surface area contributed by atoms with Crippen molar-refractivity contribution in [3.05, 3.63) is 32.9 Å². The third-order valence-electron chi connectivity index (χ3n) is 1.65. The number of hydrogen-bond acceptors (Lipinski definition) is 1. The van der Waals surface area contributed by atoms with Crippen LogP contribution < -0.4 is 0 Å². The summed E-state index contributed by atoms with van der Waals surface area (Å²) in [7, 11) is 0. The second-order valence-electron chi connectivity index (χ2n) is 2.99. The van der Waals surface area contributed by atoms with Gasteiger partial charge in [-0.05, 0) is 52.8 Å². The lowest BCUT2D eigenvalue weighted by molar-refractivity contribution is -0.116. The van der Waals surface area contributed by atoms with E-state index in [0.717, 1.165) is 9.13 Å². The van der Waals surface area contributed by atoms with Gasteiger partial charge in [0.2, 0.25) is 0 Å². The van der Waals surface area contributed by atoms with E-state index >= 15 is 0 Å². The Kier molecular flexibility index (Phi) is 4.19. The average Bonchev–Trinajstić information content (AvgIpc) is 2.02. The molecule has 13 heavy (non-hydrogen) atoms. The molecular formula is C10H10ClIO. The molecule has 0 saturated heterocycles. The van der Waals surface area contributed by atoms with Crippen LogP contribution in [0.3, 0.4) is 0 Å². The van der Waals surface area contributed by atoms with Crippen molar-refractivity contribution in [2.75, 3.05) is 5.88 Å². The topological polar surface area (TPSA) is 17.1 Å². The summed E-state index contributed by atoms with van der Waals surface area (Å²) in [4.78, 5) is 11.1. The van der Waals surface area contributed by atoms with Gasteiger partial charge in [-0.2, -0.15) is 0 Å². The maximum Gasteiger partial charge on any atom is 0.151 e. The summed E-state index contributed by atoms with van der Waals surface area (Å²) in [6.45, 7) is 2.02. The van der Waals surface area contributed by atoms with Crippen LogP contribution in [0.25, 0.3) is 0 Å². The van der Waals surface area contributed by atoms with Gasteiger partial charge < -0.3 is 0 Å². The summed E-state index contributed by atoms with van der Waals surface area (Å²) < 4.78 is 1.16. The number of halogens is 2. The first-order chi connectivity index (χ1) is 6.11. The Morgan fingerprint density at radius 3 is 2.69 bits per heavy atom. The molecule has 0 heterocycles. The number of hydrogen-bond donors (Lipinski definition) is 0. The van der Waals surface area contributed by atoms with Crippen molar-refractivity contribution in [1.29, 1.82) is 0 Å². The largest absolute Gasteiger partial charge is 0.298 e. The molecule has 0 aliphatic carbocycles. The highest BCUT2D eigenvalue weighted by atomic mass is 127. The van der Waals surface area contributed by atoms with Gasteiger partial charge in [0.25, 0.3) is 0 Å². The maximum absolute atomic E-state index is 11.1. The number of aryl methyl sites for hydroxylation is 1. The molecule has 3 heteroatoms. The summed E-state index contributed by atoms with van der Waals surface area (Å²) in [6.07, 6.45) is 0.446. The number of benzene rings is 1. The molecule has 0 saturated carbocycles. The van der Waals surface area contributed by atoms with E-state index in [1.807, 2.05) is 19.1 Å². The second-order valence-corrected chi connectivity index (χ2v) is 4.50. The highest BCUT2D eigenvalue weighted by Gasteiger charge is 2.02. The molecule has 0 spiro atoms. The molecule has 1 aromatic rings. The molecule has 0 radical (unpaired) electrons. The van der Waals surface area contributed by atoms with E-state index in [0.29, 0.717) is 6.42 Å². The summed E-state index contributed by atoms with van der Waals surface area (Å²) >= 11 is 7.68. The van der Waals surface area contributed by atoms with E-state index in [9.17, 15) is 4.79 Å². The predicted molar refractivity (Wildman–Crippen MR) is 63.3 cm³/mol. The van der Waals surface area contributed by atoms with Crippen LogP contribution in [-0.2, 0) is 11.2 Å². The molecule has 0 atom stereocenters. The van der Waals surface area contributed by atoms with E-state index in [1.54, 1.807) is 0 Å². The quantitative estimate of drug-likeness (QED) is 0.620. The second kappa shape index (κ2) is 4.96. The number of carbonyl (C=O) groups excluding carboxylic acids is 1. The Labute approximate surface area is 96.6 Å². The van der Waals surface area contributed by atoms with E-state index < -0.39 is 0 Å². The van der Waals surface area contributed by atoms with Gasteiger partial charge in [0.05, 0.1) is 5.88 Å². The smallest absolute Gasteiger partial charge is 0.151 e. The molecule has 70 valence electrons. The molecular weight excluding hydrogens is 298 g/mol. The zero-order chi connectivity index (χ0) is 9.84. The lowest BCUT2D eigenvalue weighted by atomic mass is 10.1. The van der Waals surface area contributed by atoms with Crippen molar-refractivity contribution in [3.63, 3.8) is 0 Å². The van der Waals surface area contributed by atoms with Crippen molar-refractivity contribution < 1.29 is 4.79 Å². The van der Waals surface area contributed by atoms with Gasteiger partial charge in [-0.15, -0.1) is 11.6 Å². The number of rotatable bonds is 3. The average molecular weight is 309 g/mol. The van der Waals surface area contributed by atoms with Crippen molar-refractivity contribution >= 4 is 40.0 Å². The Bertz CT molecular complexity index is 302. The molecule has 0 unspecified atom stereocenters. The molecule has 0 N–H and O–H groups in total. The van der Waals surface area contributed by atoms with Crippen LogP contribution >= 0.6 is 34.2 Å². The first-order valence-electron chi connectivity index (χ1n) is 3.95. The van der Waals surface area contributed by atoms with Gasteiger partial charge >= 0.3 is 0 Å². The van der Waals surface area contributed by atoms with Crippen LogP contribution in [0.2, 0.25) is 0 Å². The minimum absolute atomic E-state index is 0.0723. The first kappa shape index (κ1) is 11.0. The molecule has 0 amide bonds. The predicted octanol–water partition coefficient (Wildman–Crippen LogP) is 2.95. The Balaban J connectivity index is 2.83. The highest BCUT2D eigenvalue weighted by Crippen LogP contribution is 2.12. The van der Waals surface area contributed by atoms with Crippen LogP contribution in [0.1, 0.15) is 11.1 Å². The molecule has 1 nitrogen and oxygen atoms in total. The minimum Gasteiger partial charge on any atom is -0.298 e. The Morgan fingerprint density at radius 2 is 2.15 bits per heavy atom. The zero-order valence-electron chi connectivity index (χ0n) is 7.31. The van der Waals surface area contributed by atoms with E-state index in [4.69, 9.17) is 11.6 Å². The molecule has 0 bridgehead atoms. The fourth-order valence-electron chi connectivity index (χ4n) is 1.19. The first-order valence-corrected chi connectivity index (χ1v) is 5.57. The third kappa shape index (κ3) is 3.65. The SMILES string of the molecule is Cc1cc(I)cc(CC(=O)CCl)c1. The minimum atomic E-state index is 0.0723. The fraction of sp³-hybridized carbons (Fsp3) is 0.300. The van der Waals surface area contributed by atoms with Crippen molar-refractivity contribution in [1.82, 2.24) is 0 Å². The molecule has 0 fully saturated rings. The molecule has 0 aliphatic heterocycles.